The molecular formula is C46H57N5O11. The number of ether oxygens (including phenoxy) is 4. The summed E-state index contributed by atoms with van der Waals surface area (Å²) in [7, 11) is 4.27. The molecule has 4 amide bonds. The second-order valence-corrected chi connectivity index (χ2v) is 14.9. The van der Waals surface area contributed by atoms with Crippen LogP contribution < -0.4 is 30.3 Å². The minimum absolute atomic E-state index is 0.00832. The number of nitrogens with zero attached hydrogens (tertiary/aromatic N) is 2. The third-order valence-corrected chi connectivity index (χ3v) is 10.0. The van der Waals surface area contributed by atoms with Gasteiger partial charge in [0.1, 0.15) is 30.2 Å². The summed E-state index contributed by atoms with van der Waals surface area (Å²) >= 11 is 0. The number of esters is 1. The lowest BCUT2D eigenvalue weighted by Gasteiger charge is -2.35. The standard InChI is InChI=1S/C46H57N5O11/c1-30(2)43(49-46(57)62-29-34-12-8-7-9-13-34)44(55)48-31(3)40(52)26-41(53)51(38-15-11-10-14-37(38)47-27-32-16-20-35(59-4)21-17-32)39(24-25-42(54)61-6)45(56)50(58)28-33-18-22-36(60-5)23-19-33/h7-23,30-31,39-40,43,47,52,58H,24-29H2,1-6H3,(H,48,55)(H,49,57). The van der Waals surface area contributed by atoms with Crippen LogP contribution in [0.3, 0.4) is 0 Å². The average Bonchev–Trinajstić information content (AvgIpc) is 3.28. The van der Waals surface area contributed by atoms with Gasteiger partial charge >= 0.3 is 12.1 Å². The van der Waals surface area contributed by atoms with E-state index >= 15 is 0 Å². The van der Waals surface area contributed by atoms with Gasteiger partial charge in [0, 0.05) is 13.0 Å². The molecule has 4 rings (SSSR count). The highest BCUT2D eigenvalue weighted by molar-refractivity contribution is 6.03. The number of para-hydroxylation sites is 2. The summed E-state index contributed by atoms with van der Waals surface area (Å²) in [6.45, 7) is 4.98. The maximum Gasteiger partial charge on any atom is 0.408 e. The largest absolute Gasteiger partial charge is 0.497 e. The second-order valence-electron chi connectivity index (χ2n) is 14.9. The fraction of sp³-hybridized carbons (Fsp3) is 0.370. The molecule has 16 heteroatoms. The summed E-state index contributed by atoms with van der Waals surface area (Å²) in [6, 6.07) is 26.2. The number of aliphatic hydroxyl groups is 1. The number of amides is 4. The zero-order valence-corrected chi connectivity index (χ0v) is 35.9. The topological polar surface area (TPSA) is 205 Å². The third-order valence-electron chi connectivity index (χ3n) is 10.0. The summed E-state index contributed by atoms with van der Waals surface area (Å²) in [6.07, 6.45) is -3.51. The average molecular weight is 856 g/mol. The molecule has 4 aromatic carbocycles. The van der Waals surface area contributed by atoms with Crippen LogP contribution in [0.4, 0.5) is 16.2 Å². The van der Waals surface area contributed by atoms with Gasteiger partial charge in [-0.15, -0.1) is 0 Å². The van der Waals surface area contributed by atoms with Crippen LogP contribution in [0.2, 0.25) is 0 Å². The van der Waals surface area contributed by atoms with Crippen LogP contribution in [0.5, 0.6) is 11.5 Å². The first kappa shape index (κ1) is 48.0. The molecule has 4 unspecified atom stereocenters. The number of alkyl carbamates (subject to hydrolysis) is 1. The minimum atomic E-state index is -1.51. The Morgan fingerprint density at radius 2 is 1.32 bits per heavy atom. The molecule has 0 bridgehead atoms. The van der Waals surface area contributed by atoms with Crippen LogP contribution in [0.1, 0.15) is 56.7 Å². The smallest absolute Gasteiger partial charge is 0.408 e. The molecule has 0 heterocycles. The first-order chi connectivity index (χ1) is 29.7. The molecule has 0 aliphatic heterocycles. The van der Waals surface area contributed by atoms with Crippen molar-refractivity contribution in [3.8, 4) is 11.5 Å². The van der Waals surface area contributed by atoms with E-state index in [9.17, 15) is 34.3 Å². The first-order valence-corrected chi connectivity index (χ1v) is 20.2. The molecular weight excluding hydrogens is 799 g/mol. The van der Waals surface area contributed by atoms with Crippen molar-refractivity contribution in [1.29, 1.82) is 0 Å². The third kappa shape index (κ3) is 14.2. The SMILES string of the molecule is COC(=O)CCC(C(=O)N(O)Cc1ccc(OC)cc1)N(C(=O)CC(O)C(C)NC(=O)C(NC(=O)OCc1ccccc1)C(C)C)c1ccccc1NCc1ccc(OC)cc1. The summed E-state index contributed by atoms with van der Waals surface area (Å²) in [5.41, 5.74) is 2.82. The van der Waals surface area contributed by atoms with Crippen molar-refractivity contribution in [3.63, 3.8) is 0 Å². The van der Waals surface area contributed by atoms with Crippen molar-refractivity contribution in [2.24, 2.45) is 5.92 Å². The fourth-order valence-electron chi connectivity index (χ4n) is 6.41. The molecule has 0 fully saturated rings. The van der Waals surface area contributed by atoms with Gasteiger partial charge in [-0.05, 0) is 72.4 Å². The fourth-order valence-corrected chi connectivity index (χ4v) is 6.41. The number of hydrogen-bond acceptors (Lipinski definition) is 12. The molecule has 5 N–H and O–H groups in total. The summed E-state index contributed by atoms with van der Waals surface area (Å²) in [5.74, 6) is -2.11. The number of carbonyl (C=O) groups excluding carboxylic acids is 5. The van der Waals surface area contributed by atoms with Gasteiger partial charge in [0.2, 0.25) is 11.8 Å². The Balaban J connectivity index is 1.62. The predicted molar refractivity (Wildman–Crippen MR) is 231 cm³/mol. The Kier molecular flexibility index (Phi) is 18.6. The van der Waals surface area contributed by atoms with E-state index in [2.05, 4.69) is 16.0 Å². The summed E-state index contributed by atoms with van der Waals surface area (Å²) in [5, 5.41) is 31.9. The van der Waals surface area contributed by atoms with Crippen LogP contribution in [0.25, 0.3) is 0 Å². The van der Waals surface area contributed by atoms with Gasteiger partial charge in [-0.1, -0.05) is 80.6 Å². The van der Waals surface area contributed by atoms with Crippen molar-refractivity contribution in [3.05, 3.63) is 120 Å². The zero-order chi connectivity index (χ0) is 45.2. The zero-order valence-electron chi connectivity index (χ0n) is 35.9. The van der Waals surface area contributed by atoms with E-state index in [1.807, 2.05) is 30.3 Å². The molecule has 0 aliphatic rings. The van der Waals surface area contributed by atoms with Gasteiger partial charge < -0.3 is 40.0 Å². The van der Waals surface area contributed by atoms with E-state index in [0.29, 0.717) is 34.4 Å². The van der Waals surface area contributed by atoms with E-state index < -0.39 is 60.4 Å². The molecule has 4 atom stereocenters. The number of methoxy groups -OCH3 is 3. The van der Waals surface area contributed by atoms with E-state index in [1.165, 1.54) is 21.1 Å². The number of hydroxylamine groups is 2. The molecule has 0 aromatic heterocycles. The molecule has 0 radical (unpaired) electrons. The number of anilines is 2. The normalized spacial score (nSPS) is 12.8. The Hall–Kier alpha value is -6.65. The lowest BCUT2D eigenvalue weighted by Crippen LogP contribution is -2.55. The lowest BCUT2D eigenvalue weighted by atomic mass is 10.0. The van der Waals surface area contributed by atoms with Crippen LogP contribution >= 0.6 is 0 Å². The van der Waals surface area contributed by atoms with Gasteiger partial charge in [0.15, 0.2) is 0 Å². The predicted octanol–water partition coefficient (Wildman–Crippen LogP) is 5.60. The molecule has 16 nitrogen and oxygen atoms in total. The molecule has 62 heavy (non-hydrogen) atoms. The Morgan fingerprint density at radius 1 is 0.726 bits per heavy atom. The van der Waals surface area contributed by atoms with E-state index in [1.54, 1.807) is 93.8 Å². The van der Waals surface area contributed by atoms with Crippen molar-refractivity contribution in [2.45, 2.75) is 84.0 Å². The molecule has 0 saturated carbocycles. The molecule has 4 aromatic rings. The van der Waals surface area contributed by atoms with Gasteiger partial charge in [0.25, 0.3) is 5.91 Å². The Labute approximate surface area is 362 Å². The van der Waals surface area contributed by atoms with Crippen molar-refractivity contribution >= 4 is 41.2 Å². The van der Waals surface area contributed by atoms with Crippen molar-refractivity contribution < 1.29 is 53.2 Å². The summed E-state index contributed by atoms with van der Waals surface area (Å²) < 4.78 is 20.7. The van der Waals surface area contributed by atoms with Crippen LogP contribution in [0, 0.1) is 5.92 Å². The maximum absolute atomic E-state index is 14.7. The maximum atomic E-state index is 14.7. The van der Waals surface area contributed by atoms with Gasteiger partial charge in [-0.25, -0.2) is 9.86 Å². The second kappa shape index (κ2) is 24.0. The quantitative estimate of drug-likeness (QED) is 0.0373. The molecule has 0 spiro atoms. The van der Waals surface area contributed by atoms with Gasteiger partial charge in [-0.2, -0.15) is 0 Å². The first-order valence-electron chi connectivity index (χ1n) is 20.2. The summed E-state index contributed by atoms with van der Waals surface area (Å²) in [4.78, 5) is 69.0. The lowest BCUT2D eigenvalue weighted by molar-refractivity contribution is -0.170. The molecule has 0 saturated heterocycles. The minimum Gasteiger partial charge on any atom is -0.497 e. The molecule has 0 aliphatic carbocycles. The van der Waals surface area contributed by atoms with Gasteiger partial charge in [-0.3, -0.25) is 29.3 Å². The van der Waals surface area contributed by atoms with E-state index in [4.69, 9.17) is 18.9 Å². The Bertz CT molecular complexity index is 2070. The molecule has 332 valence electrons. The number of rotatable bonds is 22. The Morgan fingerprint density at radius 3 is 1.92 bits per heavy atom. The van der Waals surface area contributed by atoms with Crippen LogP contribution in [-0.2, 0) is 48.3 Å². The number of aliphatic hydroxyl groups excluding tert-OH is 1. The van der Waals surface area contributed by atoms with Crippen LogP contribution in [-0.4, -0.2) is 90.7 Å². The highest BCUT2D eigenvalue weighted by atomic mass is 16.5. The number of benzene rings is 4. The number of carbonyl (C=O) groups is 5. The number of nitrogens with one attached hydrogen (secondary N) is 3. The monoisotopic (exact) mass is 855 g/mol. The van der Waals surface area contributed by atoms with E-state index in [-0.39, 0.29) is 37.6 Å². The van der Waals surface area contributed by atoms with Crippen LogP contribution in [0.15, 0.2) is 103 Å². The van der Waals surface area contributed by atoms with Gasteiger partial charge in [0.05, 0.1) is 57.8 Å². The highest BCUT2D eigenvalue weighted by Crippen LogP contribution is 2.32. The van der Waals surface area contributed by atoms with E-state index in [0.717, 1.165) is 16.0 Å². The van der Waals surface area contributed by atoms with Crippen molar-refractivity contribution in [1.82, 2.24) is 15.7 Å². The van der Waals surface area contributed by atoms with Crippen molar-refractivity contribution in [2.75, 3.05) is 31.5 Å². The highest BCUT2D eigenvalue weighted by Gasteiger charge is 2.37. The number of hydrogen-bond donors (Lipinski definition) is 5.